The van der Waals surface area contributed by atoms with Gasteiger partial charge in [0.25, 0.3) is 0 Å². The van der Waals surface area contributed by atoms with E-state index in [1.807, 2.05) is 19.1 Å². The molecule has 0 radical (unpaired) electrons. The first-order valence-electron chi connectivity index (χ1n) is 9.75. The van der Waals surface area contributed by atoms with Crippen LogP contribution in [-0.4, -0.2) is 6.61 Å². The summed E-state index contributed by atoms with van der Waals surface area (Å²) in [6, 6.07) is 16.6. The molecule has 0 saturated heterocycles. The van der Waals surface area contributed by atoms with E-state index in [0.717, 1.165) is 12.1 Å². The Balaban J connectivity index is 1.70. The quantitative estimate of drug-likeness (QED) is 0.395. The van der Waals surface area contributed by atoms with Gasteiger partial charge in [-0.3, -0.25) is 0 Å². The zero-order valence-corrected chi connectivity index (χ0v) is 18.5. The van der Waals surface area contributed by atoms with Crippen LogP contribution in [0.1, 0.15) is 29.2 Å². The second-order valence-corrected chi connectivity index (χ2v) is 7.73. The summed E-state index contributed by atoms with van der Waals surface area (Å²) < 4.78 is 25.6. The highest BCUT2D eigenvalue weighted by Gasteiger charge is 2.15. The van der Waals surface area contributed by atoms with Gasteiger partial charge in [0, 0.05) is 18.7 Å². The van der Waals surface area contributed by atoms with Crippen molar-refractivity contribution in [2.45, 2.75) is 33.5 Å². The van der Waals surface area contributed by atoms with Gasteiger partial charge in [-0.2, -0.15) is 0 Å². The van der Waals surface area contributed by atoms with Crippen molar-refractivity contribution in [1.82, 2.24) is 5.32 Å². The van der Waals surface area contributed by atoms with Crippen LogP contribution in [0, 0.1) is 12.7 Å². The topological polar surface area (TPSA) is 30.5 Å². The van der Waals surface area contributed by atoms with Crippen molar-refractivity contribution in [2.24, 2.45) is 0 Å². The van der Waals surface area contributed by atoms with Crippen molar-refractivity contribution in [3.05, 3.63) is 92.7 Å². The highest BCUT2D eigenvalue weighted by molar-refractivity contribution is 6.32. The Labute approximate surface area is 186 Å². The average molecular weight is 448 g/mol. The molecule has 0 heterocycles. The molecule has 0 fully saturated rings. The maximum absolute atomic E-state index is 14.0. The van der Waals surface area contributed by atoms with E-state index in [1.54, 1.807) is 12.1 Å². The first-order chi connectivity index (χ1) is 14.5. The lowest BCUT2D eigenvalue weighted by molar-refractivity contribution is 0.266. The number of benzene rings is 3. The van der Waals surface area contributed by atoms with Gasteiger partial charge in [0.1, 0.15) is 12.4 Å². The molecule has 0 spiro atoms. The van der Waals surface area contributed by atoms with Crippen LogP contribution in [0.5, 0.6) is 11.5 Å². The van der Waals surface area contributed by atoms with Gasteiger partial charge in [0.2, 0.25) is 0 Å². The van der Waals surface area contributed by atoms with Gasteiger partial charge in [-0.15, -0.1) is 0 Å². The predicted molar refractivity (Wildman–Crippen MR) is 120 cm³/mol. The number of rotatable bonds is 9. The lowest BCUT2D eigenvalue weighted by Crippen LogP contribution is -2.13. The zero-order chi connectivity index (χ0) is 21.5. The SMILES string of the molecule is CCOc1cc(CNCc2ccc(C)cc2)cc(Cl)c1OCc1c(F)cccc1Cl. The summed E-state index contributed by atoms with van der Waals surface area (Å²) in [5.41, 5.74) is 3.69. The molecule has 3 aromatic carbocycles. The van der Waals surface area contributed by atoms with Crippen LogP contribution < -0.4 is 14.8 Å². The molecule has 30 heavy (non-hydrogen) atoms. The van der Waals surface area contributed by atoms with Gasteiger partial charge < -0.3 is 14.8 Å². The second kappa shape index (κ2) is 10.7. The normalized spacial score (nSPS) is 10.8. The van der Waals surface area contributed by atoms with Crippen LogP contribution in [0.4, 0.5) is 4.39 Å². The monoisotopic (exact) mass is 447 g/mol. The fourth-order valence-electron chi connectivity index (χ4n) is 3.00. The summed E-state index contributed by atoms with van der Waals surface area (Å²) >= 11 is 12.6. The molecule has 3 aromatic rings. The van der Waals surface area contributed by atoms with Crippen molar-refractivity contribution in [3.8, 4) is 11.5 Å². The molecule has 0 aliphatic carbocycles. The van der Waals surface area contributed by atoms with Gasteiger partial charge >= 0.3 is 0 Å². The summed E-state index contributed by atoms with van der Waals surface area (Å²) in [6.07, 6.45) is 0. The second-order valence-electron chi connectivity index (χ2n) is 6.92. The minimum absolute atomic E-state index is 0.0453. The van der Waals surface area contributed by atoms with Crippen LogP contribution in [0.3, 0.4) is 0 Å². The number of ether oxygens (including phenoxy) is 2. The molecule has 158 valence electrons. The molecule has 0 aromatic heterocycles. The van der Waals surface area contributed by atoms with Crippen LogP contribution >= 0.6 is 23.2 Å². The van der Waals surface area contributed by atoms with Gasteiger partial charge in [-0.05, 0) is 49.2 Å². The molecular weight excluding hydrogens is 424 g/mol. The minimum atomic E-state index is -0.423. The van der Waals surface area contributed by atoms with Crippen LogP contribution in [-0.2, 0) is 19.7 Å². The highest BCUT2D eigenvalue weighted by Crippen LogP contribution is 2.37. The average Bonchev–Trinajstić information content (AvgIpc) is 2.71. The Morgan fingerprint density at radius 3 is 2.33 bits per heavy atom. The summed E-state index contributed by atoms with van der Waals surface area (Å²) in [7, 11) is 0. The lowest BCUT2D eigenvalue weighted by atomic mass is 10.1. The Morgan fingerprint density at radius 2 is 1.63 bits per heavy atom. The summed E-state index contributed by atoms with van der Waals surface area (Å²) in [6.45, 7) is 5.72. The summed E-state index contributed by atoms with van der Waals surface area (Å²) in [4.78, 5) is 0. The summed E-state index contributed by atoms with van der Waals surface area (Å²) in [5.74, 6) is 0.471. The van der Waals surface area contributed by atoms with Gasteiger partial charge in [0.05, 0.1) is 16.7 Å². The minimum Gasteiger partial charge on any atom is -0.490 e. The van der Waals surface area contributed by atoms with Crippen LogP contribution in [0.15, 0.2) is 54.6 Å². The van der Waals surface area contributed by atoms with Crippen molar-refractivity contribution in [3.63, 3.8) is 0 Å². The fourth-order valence-corrected chi connectivity index (χ4v) is 3.50. The van der Waals surface area contributed by atoms with E-state index in [1.165, 1.54) is 17.2 Å². The third-order valence-corrected chi connectivity index (χ3v) is 5.21. The van der Waals surface area contributed by atoms with Crippen LogP contribution in [0.2, 0.25) is 10.0 Å². The molecule has 1 N–H and O–H groups in total. The Kier molecular flexibility index (Phi) is 7.97. The zero-order valence-electron chi connectivity index (χ0n) is 17.0. The summed E-state index contributed by atoms with van der Waals surface area (Å²) in [5, 5.41) is 4.11. The molecule has 0 bridgehead atoms. The van der Waals surface area contributed by atoms with Crippen molar-refractivity contribution in [2.75, 3.05) is 6.61 Å². The maximum Gasteiger partial charge on any atom is 0.180 e. The van der Waals surface area contributed by atoms with Crippen LogP contribution in [0.25, 0.3) is 0 Å². The molecule has 0 amide bonds. The van der Waals surface area contributed by atoms with Crippen molar-refractivity contribution < 1.29 is 13.9 Å². The highest BCUT2D eigenvalue weighted by atomic mass is 35.5. The van der Waals surface area contributed by atoms with Gasteiger partial charge in [-0.1, -0.05) is 59.1 Å². The van der Waals surface area contributed by atoms with E-state index in [2.05, 4.69) is 36.5 Å². The molecule has 0 saturated carbocycles. The standard InChI is InChI=1S/C24H24Cl2FNO2/c1-3-29-23-12-18(14-28-13-17-9-7-16(2)8-10-17)11-21(26)24(23)30-15-19-20(25)5-4-6-22(19)27/h4-12,28H,3,13-15H2,1-2H3. The molecule has 0 atom stereocenters. The third kappa shape index (κ3) is 5.88. The van der Waals surface area contributed by atoms with E-state index >= 15 is 0 Å². The molecule has 0 aliphatic rings. The smallest absolute Gasteiger partial charge is 0.180 e. The first-order valence-corrected chi connectivity index (χ1v) is 10.5. The Morgan fingerprint density at radius 1 is 0.900 bits per heavy atom. The number of aryl methyl sites for hydroxylation is 1. The van der Waals surface area contributed by atoms with Gasteiger partial charge in [-0.25, -0.2) is 4.39 Å². The molecule has 3 nitrogen and oxygen atoms in total. The predicted octanol–water partition coefficient (Wildman–Crippen LogP) is 6.71. The van der Waals surface area contributed by atoms with Crippen molar-refractivity contribution >= 4 is 23.2 Å². The fraction of sp³-hybridized carbons (Fsp3) is 0.250. The van der Waals surface area contributed by atoms with E-state index in [9.17, 15) is 4.39 Å². The maximum atomic E-state index is 14.0. The number of halogens is 3. The number of nitrogens with one attached hydrogen (secondary N) is 1. The Hall–Kier alpha value is -2.27. The number of hydrogen-bond donors (Lipinski definition) is 1. The van der Waals surface area contributed by atoms with E-state index < -0.39 is 5.82 Å². The largest absolute Gasteiger partial charge is 0.490 e. The van der Waals surface area contributed by atoms with E-state index in [0.29, 0.717) is 34.7 Å². The first kappa shape index (κ1) is 22.4. The van der Waals surface area contributed by atoms with Crippen molar-refractivity contribution in [1.29, 1.82) is 0 Å². The molecule has 3 rings (SSSR count). The lowest BCUT2D eigenvalue weighted by Gasteiger charge is -2.16. The van der Waals surface area contributed by atoms with Gasteiger partial charge in [0.15, 0.2) is 11.5 Å². The Bertz CT molecular complexity index is 973. The van der Waals surface area contributed by atoms with E-state index in [-0.39, 0.29) is 12.2 Å². The molecule has 6 heteroatoms. The molecular formula is C24H24Cl2FNO2. The molecule has 0 unspecified atom stereocenters. The third-order valence-electron chi connectivity index (χ3n) is 4.57. The number of hydrogen-bond acceptors (Lipinski definition) is 3. The molecule has 0 aliphatic heterocycles. The van der Waals surface area contributed by atoms with E-state index in [4.69, 9.17) is 32.7 Å².